The number of hydrogen-bond donors (Lipinski definition) is 1. The molecule has 0 aliphatic heterocycles. The molecule has 2 aromatic heterocycles. The Hall–Kier alpha value is -3.09. The second-order valence-corrected chi connectivity index (χ2v) is 5.13. The summed E-state index contributed by atoms with van der Waals surface area (Å²) in [6.45, 7) is 1.51. The van der Waals surface area contributed by atoms with Crippen LogP contribution in [0.15, 0.2) is 24.4 Å². The number of rotatable bonds is 5. The van der Waals surface area contributed by atoms with Gasteiger partial charge in [-0.1, -0.05) is 0 Å². The lowest BCUT2D eigenvalue weighted by molar-refractivity contribution is 0.101. The first-order valence-electron chi connectivity index (χ1n) is 7.25. The first-order chi connectivity index (χ1) is 11.6. The van der Waals surface area contributed by atoms with Crippen LogP contribution >= 0.6 is 0 Å². The predicted octanol–water partition coefficient (Wildman–Crippen LogP) is 2.85. The summed E-state index contributed by atoms with van der Waals surface area (Å²) in [5.41, 5.74) is 2.45. The molecule has 7 nitrogen and oxygen atoms in total. The number of hydrogen-bond acceptors (Lipinski definition) is 6. The van der Waals surface area contributed by atoms with E-state index < -0.39 is 0 Å². The minimum absolute atomic E-state index is 0.0579. The molecule has 0 amide bonds. The summed E-state index contributed by atoms with van der Waals surface area (Å²) in [5, 5.41) is 7.81. The fourth-order valence-corrected chi connectivity index (χ4v) is 2.67. The molecular weight excluding hydrogens is 310 g/mol. The number of aromatic amines is 1. The Morgan fingerprint density at radius 3 is 2.29 bits per heavy atom. The van der Waals surface area contributed by atoms with Gasteiger partial charge in [0, 0.05) is 17.3 Å². The van der Waals surface area contributed by atoms with Crippen molar-refractivity contribution in [3.8, 4) is 28.5 Å². The van der Waals surface area contributed by atoms with E-state index in [0.29, 0.717) is 39.5 Å². The van der Waals surface area contributed by atoms with E-state index in [2.05, 4.69) is 15.2 Å². The van der Waals surface area contributed by atoms with E-state index >= 15 is 0 Å². The maximum Gasteiger partial charge on any atom is 0.203 e. The number of carbonyl (C=O) groups is 1. The summed E-state index contributed by atoms with van der Waals surface area (Å²) in [7, 11) is 4.65. The number of ketones is 1. The highest BCUT2D eigenvalue weighted by molar-refractivity contribution is 6.10. The zero-order chi connectivity index (χ0) is 17.3. The number of ether oxygens (including phenoxy) is 3. The quantitative estimate of drug-likeness (QED) is 0.725. The second-order valence-electron chi connectivity index (χ2n) is 5.13. The summed E-state index contributed by atoms with van der Waals surface area (Å²) in [6, 6.07) is 5.28. The molecule has 0 aliphatic carbocycles. The van der Waals surface area contributed by atoms with E-state index in [-0.39, 0.29) is 5.78 Å². The van der Waals surface area contributed by atoms with Gasteiger partial charge in [-0.3, -0.25) is 9.89 Å². The van der Waals surface area contributed by atoms with Crippen molar-refractivity contribution in [2.75, 3.05) is 21.3 Å². The van der Waals surface area contributed by atoms with Crippen LogP contribution in [0, 0.1) is 0 Å². The van der Waals surface area contributed by atoms with Crippen molar-refractivity contribution >= 4 is 16.8 Å². The number of H-pyrrole nitrogens is 1. The summed E-state index contributed by atoms with van der Waals surface area (Å²) in [6.07, 6.45) is 1.57. The summed E-state index contributed by atoms with van der Waals surface area (Å²) in [5.74, 6) is 1.47. The molecule has 0 radical (unpaired) electrons. The second kappa shape index (κ2) is 6.19. The van der Waals surface area contributed by atoms with Gasteiger partial charge >= 0.3 is 0 Å². The highest BCUT2D eigenvalue weighted by Crippen LogP contribution is 2.42. The van der Waals surface area contributed by atoms with Gasteiger partial charge in [-0.15, -0.1) is 0 Å². The molecule has 7 heteroatoms. The molecule has 0 unspecified atom stereocenters. The van der Waals surface area contributed by atoms with Crippen LogP contribution in [0.25, 0.3) is 22.3 Å². The van der Waals surface area contributed by atoms with Crippen LogP contribution in [0.2, 0.25) is 0 Å². The van der Waals surface area contributed by atoms with Crippen LogP contribution in [0.1, 0.15) is 17.3 Å². The van der Waals surface area contributed by atoms with Crippen LogP contribution in [0.5, 0.6) is 17.2 Å². The van der Waals surface area contributed by atoms with Crippen molar-refractivity contribution in [3.05, 3.63) is 30.0 Å². The van der Waals surface area contributed by atoms with E-state index in [0.717, 1.165) is 5.56 Å². The number of Topliss-reactive ketones (excluding diaryl/α,β-unsaturated/α-hetero) is 1. The topological polar surface area (TPSA) is 86.3 Å². The normalized spacial score (nSPS) is 10.7. The van der Waals surface area contributed by atoms with Crippen molar-refractivity contribution in [1.82, 2.24) is 15.2 Å². The van der Waals surface area contributed by atoms with Gasteiger partial charge in [-0.25, -0.2) is 4.98 Å². The number of fused-ring (bicyclic) bond motifs is 1. The van der Waals surface area contributed by atoms with Gasteiger partial charge in [0.25, 0.3) is 0 Å². The average molecular weight is 327 g/mol. The number of nitrogens with one attached hydrogen (secondary N) is 1. The molecule has 2 heterocycles. The number of benzene rings is 1. The van der Waals surface area contributed by atoms with Gasteiger partial charge in [-0.05, 0) is 25.1 Å². The molecule has 3 aromatic rings. The third-order valence-electron chi connectivity index (χ3n) is 3.79. The Morgan fingerprint density at radius 1 is 1.08 bits per heavy atom. The smallest absolute Gasteiger partial charge is 0.203 e. The molecular formula is C17H17N3O4. The zero-order valence-electron chi connectivity index (χ0n) is 13.8. The lowest BCUT2D eigenvalue weighted by Crippen LogP contribution is -1.97. The average Bonchev–Trinajstić information content (AvgIpc) is 3.04. The van der Waals surface area contributed by atoms with Gasteiger partial charge in [0.05, 0.1) is 32.4 Å². The summed E-state index contributed by atoms with van der Waals surface area (Å²) in [4.78, 5) is 16.2. The monoisotopic (exact) mass is 327 g/mol. The zero-order valence-corrected chi connectivity index (χ0v) is 13.8. The van der Waals surface area contributed by atoms with Crippen LogP contribution in [-0.4, -0.2) is 42.3 Å². The van der Waals surface area contributed by atoms with E-state index in [9.17, 15) is 4.79 Å². The molecule has 24 heavy (non-hydrogen) atoms. The molecule has 0 aliphatic rings. The van der Waals surface area contributed by atoms with Gasteiger partial charge < -0.3 is 14.2 Å². The molecule has 0 spiro atoms. The molecule has 1 N–H and O–H groups in total. The fourth-order valence-electron chi connectivity index (χ4n) is 2.67. The van der Waals surface area contributed by atoms with Crippen LogP contribution < -0.4 is 14.2 Å². The molecule has 3 rings (SSSR count). The molecule has 0 saturated heterocycles. The number of aromatic nitrogens is 3. The predicted molar refractivity (Wildman–Crippen MR) is 89.0 cm³/mol. The maximum absolute atomic E-state index is 11.9. The molecule has 1 aromatic carbocycles. The van der Waals surface area contributed by atoms with Crippen molar-refractivity contribution < 1.29 is 19.0 Å². The Labute approximate surface area is 138 Å². The Kier molecular flexibility index (Phi) is 4.07. The van der Waals surface area contributed by atoms with E-state index in [4.69, 9.17) is 14.2 Å². The van der Waals surface area contributed by atoms with Gasteiger partial charge in [0.2, 0.25) is 5.75 Å². The van der Waals surface area contributed by atoms with Crippen molar-refractivity contribution in [2.24, 2.45) is 0 Å². The lowest BCUT2D eigenvalue weighted by atomic mass is 10.0. The summed E-state index contributed by atoms with van der Waals surface area (Å²) >= 11 is 0. The number of carbonyl (C=O) groups excluding carboxylic acids is 1. The van der Waals surface area contributed by atoms with Crippen LogP contribution in [-0.2, 0) is 0 Å². The van der Waals surface area contributed by atoms with Gasteiger partial charge in [0.1, 0.15) is 0 Å². The van der Waals surface area contributed by atoms with Crippen LogP contribution in [0.3, 0.4) is 0 Å². The van der Waals surface area contributed by atoms with Gasteiger partial charge in [0.15, 0.2) is 22.9 Å². The molecule has 0 atom stereocenters. The first kappa shape index (κ1) is 15.8. The van der Waals surface area contributed by atoms with Crippen molar-refractivity contribution in [2.45, 2.75) is 6.92 Å². The maximum atomic E-state index is 11.9. The molecule has 0 fully saturated rings. The lowest BCUT2D eigenvalue weighted by Gasteiger charge is -2.14. The number of methoxy groups -OCH3 is 3. The minimum atomic E-state index is -0.0579. The van der Waals surface area contributed by atoms with Crippen molar-refractivity contribution in [1.29, 1.82) is 0 Å². The van der Waals surface area contributed by atoms with Crippen molar-refractivity contribution in [3.63, 3.8) is 0 Å². The Morgan fingerprint density at radius 2 is 1.75 bits per heavy atom. The van der Waals surface area contributed by atoms with E-state index in [1.807, 2.05) is 0 Å². The third kappa shape index (κ3) is 2.44. The van der Waals surface area contributed by atoms with Crippen LogP contribution in [0.4, 0.5) is 0 Å². The summed E-state index contributed by atoms with van der Waals surface area (Å²) < 4.78 is 16.1. The van der Waals surface area contributed by atoms with Gasteiger partial charge in [-0.2, -0.15) is 5.10 Å². The van der Waals surface area contributed by atoms with E-state index in [1.54, 1.807) is 45.7 Å². The molecule has 0 bridgehead atoms. The third-order valence-corrected chi connectivity index (χ3v) is 3.79. The number of pyridine rings is 1. The highest BCUT2D eigenvalue weighted by Gasteiger charge is 2.19. The molecule has 124 valence electrons. The SMILES string of the molecule is COc1cc(-c2[nH]nc3nccc(C(C)=O)c23)cc(OC)c1OC. The highest BCUT2D eigenvalue weighted by atomic mass is 16.5. The Bertz CT molecular complexity index is 892. The van der Waals surface area contributed by atoms with E-state index in [1.165, 1.54) is 6.92 Å². The number of nitrogens with zero attached hydrogens (tertiary/aromatic N) is 2. The largest absolute Gasteiger partial charge is 0.493 e. The standard InChI is InChI=1S/C17H17N3O4/c1-9(21)11-5-6-18-17-14(11)15(19-20-17)10-7-12(22-2)16(24-4)13(8-10)23-3/h5-8H,1-4H3,(H,18,19,20). The fraction of sp³-hybridized carbons (Fsp3) is 0.235. The molecule has 0 saturated carbocycles. The minimum Gasteiger partial charge on any atom is -0.493 e. The Balaban J connectivity index is 2.30. The first-order valence-corrected chi connectivity index (χ1v) is 7.25.